The number of carbonyl (C=O) groups excluding carboxylic acids is 2. The first-order valence-corrected chi connectivity index (χ1v) is 9.69. The third kappa shape index (κ3) is 8.67. The van der Waals surface area contributed by atoms with E-state index in [1.165, 1.54) is 0 Å². The first-order chi connectivity index (χ1) is 11.5. The maximum absolute atomic E-state index is 12.6. The largest absolute Gasteiger partial charge is 0.367 e. The Bertz CT molecular complexity index is 351. The van der Waals surface area contributed by atoms with Crippen LogP contribution in [0.3, 0.4) is 0 Å². The molecule has 0 radical (unpaired) electrons. The van der Waals surface area contributed by atoms with Gasteiger partial charge in [0.1, 0.15) is 0 Å². The van der Waals surface area contributed by atoms with Crippen LogP contribution in [0.25, 0.3) is 0 Å². The Hall–Kier alpha value is -1.10. The summed E-state index contributed by atoms with van der Waals surface area (Å²) in [5, 5.41) is 3.16. The Morgan fingerprint density at radius 3 is 1.83 bits per heavy atom. The monoisotopic (exact) mass is 342 g/mol. The van der Waals surface area contributed by atoms with Crippen molar-refractivity contribution in [3.63, 3.8) is 0 Å². The van der Waals surface area contributed by atoms with Gasteiger partial charge in [0.2, 0.25) is 6.10 Å². The summed E-state index contributed by atoms with van der Waals surface area (Å²) in [5.41, 5.74) is 5.09. The fourth-order valence-corrected chi connectivity index (χ4v) is 3.09. The predicted molar refractivity (Wildman–Crippen MR) is 98.7 cm³/mol. The van der Waals surface area contributed by atoms with Gasteiger partial charge in [-0.1, -0.05) is 65.7 Å². The van der Waals surface area contributed by atoms with E-state index in [1.807, 2.05) is 0 Å². The number of carbonyl (C=O) groups is 2. The van der Waals surface area contributed by atoms with Gasteiger partial charge in [-0.2, -0.15) is 0 Å². The molecule has 24 heavy (non-hydrogen) atoms. The summed E-state index contributed by atoms with van der Waals surface area (Å²) in [6.07, 6.45) is 9.32. The normalized spacial score (nSPS) is 12.8. The van der Waals surface area contributed by atoms with Crippen LogP contribution in [0.5, 0.6) is 0 Å². The van der Waals surface area contributed by atoms with Crippen molar-refractivity contribution >= 4 is 11.8 Å². The van der Waals surface area contributed by atoms with Gasteiger partial charge >= 0.3 is 0 Å². The average Bonchev–Trinajstić information content (AvgIpc) is 2.55. The summed E-state index contributed by atoms with van der Waals surface area (Å²) < 4.78 is 5.26. The van der Waals surface area contributed by atoms with Crippen molar-refractivity contribution in [2.75, 3.05) is 6.61 Å². The number of hydrogen-bond acceptors (Lipinski definition) is 3. The van der Waals surface area contributed by atoms with Crippen LogP contribution in [0, 0.1) is 0 Å². The molecule has 0 saturated carbocycles. The average molecular weight is 343 g/mol. The topological polar surface area (TPSA) is 81.4 Å². The lowest BCUT2D eigenvalue weighted by Gasteiger charge is -2.36. The molecule has 0 aliphatic rings. The zero-order valence-corrected chi connectivity index (χ0v) is 16.2. The van der Waals surface area contributed by atoms with Gasteiger partial charge in [0.05, 0.1) is 0 Å². The highest BCUT2D eigenvalue weighted by Gasteiger charge is 2.34. The Morgan fingerprint density at radius 2 is 1.42 bits per heavy atom. The van der Waals surface area contributed by atoms with E-state index in [-0.39, 0.29) is 18.1 Å². The van der Waals surface area contributed by atoms with Crippen LogP contribution in [-0.2, 0) is 14.3 Å². The summed E-state index contributed by atoms with van der Waals surface area (Å²) in [6.45, 7) is 8.53. The highest BCUT2D eigenvalue weighted by Crippen LogP contribution is 2.28. The summed E-state index contributed by atoms with van der Waals surface area (Å²) >= 11 is 0. The molecule has 0 aromatic heterocycles. The van der Waals surface area contributed by atoms with Gasteiger partial charge in [-0.05, 0) is 26.2 Å². The standard InChI is InChI=1S/C19H38N2O3/c1-5-9-12-15-19(13-10-6-2,14-11-7-3)21-18(23)16(17(20)22)24-8-4/h16H,5-15H2,1-4H3,(H2,20,22)(H,21,23). The van der Waals surface area contributed by atoms with Gasteiger partial charge in [0, 0.05) is 12.1 Å². The summed E-state index contributed by atoms with van der Waals surface area (Å²) in [7, 11) is 0. The summed E-state index contributed by atoms with van der Waals surface area (Å²) in [4.78, 5) is 24.2. The number of primary amides is 1. The fourth-order valence-electron chi connectivity index (χ4n) is 3.09. The summed E-state index contributed by atoms with van der Waals surface area (Å²) in [5.74, 6) is -1.10. The van der Waals surface area contributed by atoms with Crippen molar-refractivity contribution in [1.82, 2.24) is 5.32 Å². The van der Waals surface area contributed by atoms with E-state index in [0.29, 0.717) is 0 Å². The number of nitrogens with one attached hydrogen (secondary N) is 1. The van der Waals surface area contributed by atoms with Crippen LogP contribution in [0.1, 0.15) is 91.9 Å². The third-order valence-corrected chi connectivity index (χ3v) is 4.49. The fraction of sp³-hybridized carbons (Fsp3) is 0.895. The lowest BCUT2D eigenvalue weighted by molar-refractivity contribution is -0.144. The molecule has 0 aliphatic heterocycles. The molecule has 5 nitrogen and oxygen atoms in total. The van der Waals surface area contributed by atoms with Crippen molar-refractivity contribution in [1.29, 1.82) is 0 Å². The SMILES string of the molecule is CCCCCC(CCCC)(CCCC)NC(=O)C(OCC)C(N)=O. The highest BCUT2D eigenvalue weighted by molar-refractivity contribution is 6.02. The summed E-state index contributed by atoms with van der Waals surface area (Å²) in [6, 6.07) is 0. The predicted octanol–water partition coefficient (Wildman–Crippen LogP) is 3.69. The molecule has 0 spiro atoms. The molecule has 3 N–H and O–H groups in total. The molecule has 142 valence electrons. The van der Waals surface area contributed by atoms with E-state index in [1.54, 1.807) is 6.92 Å². The second-order valence-corrected chi connectivity index (χ2v) is 6.67. The molecular formula is C19H38N2O3. The lowest BCUT2D eigenvalue weighted by Crippen LogP contribution is -2.55. The highest BCUT2D eigenvalue weighted by atomic mass is 16.5. The number of unbranched alkanes of at least 4 members (excludes halogenated alkanes) is 4. The molecule has 5 heteroatoms. The van der Waals surface area contributed by atoms with Gasteiger partial charge in [-0.25, -0.2) is 0 Å². The smallest absolute Gasteiger partial charge is 0.259 e. The van der Waals surface area contributed by atoms with Crippen LogP contribution >= 0.6 is 0 Å². The van der Waals surface area contributed by atoms with Gasteiger partial charge < -0.3 is 15.8 Å². The maximum atomic E-state index is 12.6. The molecule has 0 rings (SSSR count). The Kier molecular flexibility index (Phi) is 12.6. The third-order valence-electron chi connectivity index (χ3n) is 4.49. The van der Waals surface area contributed by atoms with E-state index in [0.717, 1.165) is 64.2 Å². The second kappa shape index (κ2) is 13.2. The van der Waals surface area contributed by atoms with E-state index in [9.17, 15) is 9.59 Å². The minimum Gasteiger partial charge on any atom is -0.367 e. The molecule has 2 amide bonds. The van der Waals surface area contributed by atoms with Crippen LogP contribution < -0.4 is 11.1 Å². The van der Waals surface area contributed by atoms with Gasteiger partial charge in [0.15, 0.2) is 0 Å². The maximum Gasteiger partial charge on any atom is 0.259 e. The van der Waals surface area contributed by atoms with Crippen molar-refractivity contribution in [3.8, 4) is 0 Å². The quantitative estimate of drug-likeness (QED) is 0.352. The molecule has 0 saturated heterocycles. The first kappa shape index (κ1) is 22.9. The van der Waals surface area contributed by atoms with Gasteiger partial charge in [-0.3, -0.25) is 9.59 Å². The molecule has 0 heterocycles. The molecule has 0 aliphatic carbocycles. The zero-order valence-electron chi connectivity index (χ0n) is 16.2. The van der Waals surface area contributed by atoms with Gasteiger partial charge in [-0.15, -0.1) is 0 Å². The Morgan fingerprint density at radius 1 is 0.917 bits per heavy atom. The molecule has 0 bridgehead atoms. The van der Waals surface area contributed by atoms with Crippen LogP contribution in [0.15, 0.2) is 0 Å². The second-order valence-electron chi connectivity index (χ2n) is 6.67. The lowest BCUT2D eigenvalue weighted by atomic mass is 9.82. The molecule has 0 aromatic rings. The van der Waals surface area contributed by atoms with Crippen LogP contribution in [0.4, 0.5) is 0 Å². The van der Waals surface area contributed by atoms with Crippen molar-refractivity contribution in [2.24, 2.45) is 5.73 Å². The van der Waals surface area contributed by atoms with Gasteiger partial charge in [0.25, 0.3) is 11.8 Å². The molecule has 0 fully saturated rings. The van der Waals surface area contributed by atoms with E-state index in [4.69, 9.17) is 10.5 Å². The van der Waals surface area contributed by atoms with Crippen molar-refractivity contribution in [3.05, 3.63) is 0 Å². The molecule has 1 unspecified atom stereocenters. The first-order valence-electron chi connectivity index (χ1n) is 9.69. The van der Waals surface area contributed by atoms with E-state index < -0.39 is 12.0 Å². The van der Waals surface area contributed by atoms with Crippen molar-refractivity contribution in [2.45, 2.75) is 104 Å². The Balaban J connectivity index is 5.20. The number of ether oxygens (including phenoxy) is 1. The van der Waals surface area contributed by atoms with Crippen LogP contribution in [-0.4, -0.2) is 30.1 Å². The van der Waals surface area contributed by atoms with E-state index in [2.05, 4.69) is 26.1 Å². The molecular weight excluding hydrogens is 304 g/mol. The number of hydrogen-bond donors (Lipinski definition) is 2. The number of amides is 2. The number of rotatable bonds is 15. The minimum atomic E-state index is -1.19. The minimum absolute atomic E-state index is 0.247. The zero-order chi connectivity index (χ0) is 18.4. The van der Waals surface area contributed by atoms with Crippen LogP contribution in [0.2, 0.25) is 0 Å². The molecule has 1 atom stereocenters. The number of nitrogens with two attached hydrogens (primary N) is 1. The molecule has 0 aromatic carbocycles. The van der Waals surface area contributed by atoms with E-state index >= 15 is 0 Å². The van der Waals surface area contributed by atoms with Crippen molar-refractivity contribution < 1.29 is 14.3 Å². The Labute approximate surface area is 148 Å².